The third kappa shape index (κ3) is 3.30. The number of amides is 1. The number of carbonyl (C=O) groups excluding carboxylic acids is 1. The molecule has 1 fully saturated rings. The molecule has 0 spiro atoms. The third-order valence-electron chi connectivity index (χ3n) is 4.31. The largest absolute Gasteiger partial charge is 0.396 e. The van der Waals surface area contributed by atoms with Crippen molar-refractivity contribution >= 4 is 16.9 Å². The molecule has 0 saturated heterocycles. The fourth-order valence-corrected chi connectivity index (χ4v) is 3.22. The van der Waals surface area contributed by atoms with E-state index in [4.69, 9.17) is 5.11 Å². The van der Waals surface area contributed by atoms with Crippen LogP contribution < -0.4 is 5.32 Å². The van der Waals surface area contributed by atoms with E-state index in [0.717, 1.165) is 29.7 Å². The van der Waals surface area contributed by atoms with E-state index in [1.165, 1.54) is 12.8 Å². The van der Waals surface area contributed by atoms with E-state index in [9.17, 15) is 4.79 Å². The highest BCUT2D eigenvalue weighted by atomic mass is 16.2. The maximum Gasteiger partial charge on any atom is 0.240 e. The summed E-state index contributed by atoms with van der Waals surface area (Å²) in [6.45, 7) is 0.440. The number of aromatic nitrogens is 2. The normalized spacial score (nSPS) is 15.5. The zero-order valence-corrected chi connectivity index (χ0v) is 12.8. The number of fused-ring (bicyclic) bond motifs is 1. The smallest absolute Gasteiger partial charge is 0.240 e. The number of aliphatic hydroxyl groups excluding tert-OH is 1. The van der Waals surface area contributed by atoms with Crippen molar-refractivity contribution in [2.45, 2.75) is 51.1 Å². The number of aryl methyl sites for hydroxylation is 1. The van der Waals surface area contributed by atoms with Crippen LogP contribution in [-0.2, 0) is 17.8 Å². The highest BCUT2D eigenvalue weighted by Crippen LogP contribution is 2.19. The molecule has 1 aromatic heterocycles. The predicted molar refractivity (Wildman–Crippen MR) is 85.5 cm³/mol. The minimum atomic E-state index is 0.0558. The summed E-state index contributed by atoms with van der Waals surface area (Å²) in [5, 5.41) is 12.2. The Kier molecular flexibility index (Phi) is 4.73. The van der Waals surface area contributed by atoms with Crippen LogP contribution in [-0.4, -0.2) is 33.2 Å². The fourth-order valence-electron chi connectivity index (χ4n) is 3.22. The van der Waals surface area contributed by atoms with Gasteiger partial charge in [-0.2, -0.15) is 0 Å². The van der Waals surface area contributed by atoms with Crippen molar-refractivity contribution < 1.29 is 9.90 Å². The van der Waals surface area contributed by atoms with Crippen molar-refractivity contribution in [3.63, 3.8) is 0 Å². The van der Waals surface area contributed by atoms with Crippen LogP contribution in [0.4, 0.5) is 0 Å². The Morgan fingerprint density at radius 3 is 2.86 bits per heavy atom. The fraction of sp³-hybridized carbons (Fsp3) is 0.529. The third-order valence-corrected chi connectivity index (χ3v) is 4.31. The van der Waals surface area contributed by atoms with Gasteiger partial charge in [0, 0.05) is 19.1 Å². The lowest BCUT2D eigenvalue weighted by atomic mass is 10.2. The van der Waals surface area contributed by atoms with Gasteiger partial charge in [-0.15, -0.1) is 0 Å². The maximum atomic E-state index is 12.3. The molecule has 1 aromatic carbocycles. The molecule has 1 heterocycles. The molecular weight excluding hydrogens is 278 g/mol. The molecule has 3 rings (SSSR count). The Labute approximate surface area is 130 Å². The van der Waals surface area contributed by atoms with Gasteiger partial charge in [0.2, 0.25) is 5.91 Å². The Morgan fingerprint density at radius 2 is 2.09 bits per heavy atom. The number of aliphatic hydroxyl groups is 1. The summed E-state index contributed by atoms with van der Waals surface area (Å²) in [6.07, 6.45) is 5.94. The van der Waals surface area contributed by atoms with Crippen molar-refractivity contribution in [1.29, 1.82) is 0 Å². The molecule has 2 aromatic rings. The van der Waals surface area contributed by atoms with Crippen LogP contribution in [0.25, 0.3) is 11.0 Å². The number of hydrogen-bond acceptors (Lipinski definition) is 3. The van der Waals surface area contributed by atoms with Crippen LogP contribution in [0.5, 0.6) is 0 Å². The number of benzene rings is 1. The van der Waals surface area contributed by atoms with E-state index in [0.29, 0.717) is 25.4 Å². The van der Waals surface area contributed by atoms with Gasteiger partial charge in [0.25, 0.3) is 0 Å². The molecule has 118 valence electrons. The number of para-hydroxylation sites is 2. The lowest BCUT2D eigenvalue weighted by molar-refractivity contribution is -0.122. The van der Waals surface area contributed by atoms with Crippen LogP contribution in [0.15, 0.2) is 24.3 Å². The Bertz CT molecular complexity index is 644. The molecule has 0 atom stereocenters. The predicted octanol–water partition coefficient (Wildman–Crippen LogP) is 2.02. The van der Waals surface area contributed by atoms with E-state index in [2.05, 4.69) is 10.3 Å². The van der Waals surface area contributed by atoms with Crippen molar-refractivity contribution in [3.8, 4) is 0 Å². The van der Waals surface area contributed by atoms with Crippen LogP contribution in [0, 0.1) is 0 Å². The lowest BCUT2D eigenvalue weighted by Crippen LogP contribution is -2.35. The van der Waals surface area contributed by atoms with Gasteiger partial charge in [-0.05, 0) is 31.4 Å². The van der Waals surface area contributed by atoms with Gasteiger partial charge in [0.15, 0.2) is 0 Å². The van der Waals surface area contributed by atoms with Gasteiger partial charge < -0.3 is 15.0 Å². The topological polar surface area (TPSA) is 67.2 Å². The molecule has 1 amide bonds. The van der Waals surface area contributed by atoms with Gasteiger partial charge >= 0.3 is 0 Å². The molecule has 0 aliphatic heterocycles. The zero-order valence-electron chi connectivity index (χ0n) is 12.8. The van der Waals surface area contributed by atoms with Gasteiger partial charge in [0.05, 0.1) is 11.0 Å². The van der Waals surface area contributed by atoms with Crippen molar-refractivity contribution in [1.82, 2.24) is 14.9 Å². The second-order valence-electron chi connectivity index (χ2n) is 5.98. The number of hydrogen-bond donors (Lipinski definition) is 2. The summed E-state index contributed by atoms with van der Waals surface area (Å²) in [6, 6.07) is 8.21. The molecule has 1 aliphatic carbocycles. The standard InChI is InChI=1S/C17H23N3O2/c21-11-5-10-16-19-14-8-3-4-9-15(14)20(16)12-17(22)18-13-6-1-2-7-13/h3-4,8-9,13,21H,1-2,5-7,10-12H2,(H,18,22). The summed E-state index contributed by atoms with van der Waals surface area (Å²) >= 11 is 0. The zero-order chi connectivity index (χ0) is 15.4. The maximum absolute atomic E-state index is 12.3. The number of carbonyl (C=O) groups is 1. The molecule has 22 heavy (non-hydrogen) atoms. The summed E-state index contributed by atoms with van der Waals surface area (Å²) in [5.74, 6) is 0.928. The second-order valence-corrected chi connectivity index (χ2v) is 5.98. The summed E-state index contributed by atoms with van der Waals surface area (Å²) < 4.78 is 1.98. The Balaban J connectivity index is 1.79. The molecule has 0 unspecified atom stereocenters. The van der Waals surface area contributed by atoms with Crippen molar-refractivity contribution in [2.24, 2.45) is 0 Å². The number of imidazole rings is 1. The van der Waals surface area contributed by atoms with Gasteiger partial charge in [-0.1, -0.05) is 25.0 Å². The van der Waals surface area contributed by atoms with E-state index in [1.807, 2.05) is 28.8 Å². The molecule has 0 radical (unpaired) electrons. The molecule has 2 N–H and O–H groups in total. The first-order valence-corrected chi connectivity index (χ1v) is 8.12. The quantitative estimate of drug-likeness (QED) is 0.858. The first-order valence-electron chi connectivity index (χ1n) is 8.12. The Morgan fingerprint density at radius 1 is 1.32 bits per heavy atom. The van der Waals surface area contributed by atoms with Crippen LogP contribution in [0.2, 0.25) is 0 Å². The van der Waals surface area contributed by atoms with E-state index < -0.39 is 0 Å². The lowest BCUT2D eigenvalue weighted by Gasteiger charge is -2.14. The first kappa shape index (κ1) is 15.0. The monoisotopic (exact) mass is 301 g/mol. The van der Waals surface area contributed by atoms with Crippen molar-refractivity contribution in [2.75, 3.05) is 6.61 Å². The van der Waals surface area contributed by atoms with E-state index in [-0.39, 0.29) is 12.5 Å². The minimum absolute atomic E-state index is 0.0558. The SMILES string of the molecule is O=C(Cn1c(CCCO)nc2ccccc21)NC1CCCC1. The summed E-state index contributed by atoms with van der Waals surface area (Å²) in [5.41, 5.74) is 1.89. The van der Waals surface area contributed by atoms with Gasteiger partial charge in [-0.25, -0.2) is 4.98 Å². The van der Waals surface area contributed by atoms with Crippen LogP contribution in [0.1, 0.15) is 37.9 Å². The molecule has 5 heteroatoms. The summed E-state index contributed by atoms with van der Waals surface area (Å²) in [4.78, 5) is 16.9. The van der Waals surface area contributed by atoms with Gasteiger partial charge in [-0.3, -0.25) is 4.79 Å². The molecule has 5 nitrogen and oxygen atoms in total. The van der Waals surface area contributed by atoms with Crippen molar-refractivity contribution in [3.05, 3.63) is 30.1 Å². The highest BCUT2D eigenvalue weighted by Gasteiger charge is 2.19. The van der Waals surface area contributed by atoms with E-state index in [1.54, 1.807) is 0 Å². The average Bonchev–Trinajstić information content (AvgIpc) is 3.14. The van der Waals surface area contributed by atoms with E-state index >= 15 is 0 Å². The average molecular weight is 301 g/mol. The van der Waals surface area contributed by atoms with Crippen LogP contribution in [0.3, 0.4) is 0 Å². The minimum Gasteiger partial charge on any atom is -0.396 e. The summed E-state index contributed by atoms with van der Waals surface area (Å²) in [7, 11) is 0. The first-order chi connectivity index (χ1) is 10.8. The molecule has 1 aliphatic rings. The second kappa shape index (κ2) is 6.92. The Hall–Kier alpha value is -1.88. The molecule has 1 saturated carbocycles. The highest BCUT2D eigenvalue weighted by molar-refractivity contribution is 5.81. The van der Waals surface area contributed by atoms with Gasteiger partial charge in [0.1, 0.15) is 12.4 Å². The number of rotatable bonds is 6. The number of nitrogens with zero attached hydrogens (tertiary/aromatic N) is 2. The van der Waals surface area contributed by atoms with Crippen LogP contribution >= 0.6 is 0 Å². The molecule has 0 bridgehead atoms. The molecular formula is C17H23N3O2. The number of nitrogens with one attached hydrogen (secondary N) is 1.